The predicted molar refractivity (Wildman–Crippen MR) is 61.5 cm³/mol. The van der Waals surface area contributed by atoms with Gasteiger partial charge in [-0.2, -0.15) is 0 Å². The van der Waals surface area contributed by atoms with Crippen molar-refractivity contribution in [3.8, 4) is 0 Å². The molecule has 1 aromatic rings. The summed E-state index contributed by atoms with van der Waals surface area (Å²) in [5.41, 5.74) is -0.329. The zero-order valence-electron chi connectivity index (χ0n) is 8.19. The van der Waals surface area contributed by atoms with Crippen LogP contribution in [0.25, 0.3) is 0 Å². The first-order valence-electron chi connectivity index (χ1n) is 4.93. The van der Waals surface area contributed by atoms with E-state index in [1.807, 2.05) is 0 Å². The minimum Gasteiger partial charge on any atom is -0.313 e. The molecule has 1 N–H and O–H groups in total. The van der Waals surface area contributed by atoms with Crippen molar-refractivity contribution in [3.63, 3.8) is 0 Å². The maximum atomic E-state index is 14.1. The molecule has 1 unspecified atom stereocenters. The molecule has 0 radical (unpaired) electrons. The number of alkyl halides is 1. The summed E-state index contributed by atoms with van der Waals surface area (Å²) in [7, 11) is 0. The van der Waals surface area contributed by atoms with Crippen LogP contribution in [0.5, 0.6) is 0 Å². The molecule has 0 saturated carbocycles. The summed E-state index contributed by atoms with van der Waals surface area (Å²) < 4.78 is 14.1. The summed E-state index contributed by atoms with van der Waals surface area (Å²) in [5.74, 6) is 0. The molecule has 1 aromatic carbocycles. The third-order valence-electron chi connectivity index (χ3n) is 2.71. The molecule has 1 nitrogen and oxygen atoms in total. The highest BCUT2D eigenvalue weighted by molar-refractivity contribution is 6.35. The number of nitrogens with one attached hydrogen (secondary N) is 1. The highest BCUT2D eigenvalue weighted by Crippen LogP contribution is 2.29. The maximum absolute atomic E-state index is 14.1. The van der Waals surface area contributed by atoms with Crippen molar-refractivity contribution in [1.29, 1.82) is 0 Å². The quantitative estimate of drug-likeness (QED) is 0.847. The molecule has 1 fully saturated rings. The molecule has 1 aliphatic rings. The van der Waals surface area contributed by atoms with Gasteiger partial charge in [-0.05, 0) is 30.7 Å². The number of hydrogen-bond acceptors (Lipinski definition) is 1. The number of halogens is 3. The Hall–Kier alpha value is -0.310. The Labute approximate surface area is 98.6 Å². The van der Waals surface area contributed by atoms with Crippen LogP contribution in [0.1, 0.15) is 12.0 Å². The van der Waals surface area contributed by atoms with Crippen LogP contribution in [0.15, 0.2) is 18.2 Å². The van der Waals surface area contributed by atoms with Gasteiger partial charge in [0.2, 0.25) is 0 Å². The maximum Gasteiger partial charge on any atom is 0.128 e. The van der Waals surface area contributed by atoms with Crippen molar-refractivity contribution in [3.05, 3.63) is 33.8 Å². The molecular formula is C11H12Cl2FN. The Bertz CT molecular complexity index is 362. The van der Waals surface area contributed by atoms with Gasteiger partial charge in [0.15, 0.2) is 0 Å². The minimum absolute atomic E-state index is 0.357. The standard InChI is InChI=1S/C11H12Cl2FN/c12-9-2-1-8(10(13)5-9)6-11(14)3-4-15-7-11/h1-2,5,15H,3-4,6-7H2. The zero-order chi connectivity index (χ0) is 10.9. The highest BCUT2D eigenvalue weighted by Gasteiger charge is 2.34. The number of hydrogen-bond donors (Lipinski definition) is 1. The van der Waals surface area contributed by atoms with Crippen molar-refractivity contribution in [1.82, 2.24) is 5.32 Å². The molecule has 1 heterocycles. The van der Waals surface area contributed by atoms with Gasteiger partial charge in [0.1, 0.15) is 5.67 Å². The topological polar surface area (TPSA) is 12.0 Å². The van der Waals surface area contributed by atoms with E-state index in [2.05, 4.69) is 5.32 Å². The Morgan fingerprint density at radius 1 is 1.40 bits per heavy atom. The van der Waals surface area contributed by atoms with Crippen LogP contribution < -0.4 is 5.32 Å². The van der Waals surface area contributed by atoms with Crippen molar-refractivity contribution < 1.29 is 4.39 Å². The van der Waals surface area contributed by atoms with Crippen molar-refractivity contribution in [2.75, 3.05) is 13.1 Å². The molecule has 0 aliphatic carbocycles. The smallest absolute Gasteiger partial charge is 0.128 e. The molecule has 0 spiro atoms. The normalized spacial score (nSPS) is 25.8. The third kappa shape index (κ3) is 2.63. The van der Waals surface area contributed by atoms with E-state index >= 15 is 0 Å². The van der Waals surface area contributed by atoms with Crippen LogP contribution in [0, 0.1) is 0 Å². The van der Waals surface area contributed by atoms with Crippen LogP contribution in [-0.2, 0) is 6.42 Å². The minimum atomic E-state index is -1.16. The van der Waals surface area contributed by atoms with Gasteiger partial charge in [-0.3, -0.25) is 0 Å². The van der Waals surface area contributed by atoms with Gasteiger partial charge in [-0.1, -0.05) is 29.3 Å². The largest absolute Gasteiger partial charge is 0.313 e. The summed E-state index contributed by atoms with van der Waals surface area (Å²) >= 11 is 11.8. The second kappa shape index (κ2) is 4.28. The van der Waals surface area contributed by atoms with Gasteiger partial charge in [0.25, 0.3) is 0 Å². The lowest BCUT2D eigenvalue weighted by Crippen LogP contribution is -2.28. The molecule has 1 atom stereocenters. The monoisotopic (exact) mass is 247 g/mol. The first kappa shape index (κ1) is 11.2. The molecule has 0 amide bonds. The van der Waals surface area contributed by atoms with Gasteiger partial charge in [0, 0.05) is 23.0 Å². The molecule has 0 aromatic heterocycles. The predicted octanol–water partition coefficient (Wildman–Crippen LogP) is 3.24. The average Bonchev–Trinajstić information content (AvgIpc) is 2.58. The van der Waals surface area contributed by atoms with E-state index in [1.165, 1.54) is 0 Å². The van der Waals surface area contributed by atoms with E-state index in [1.54, 1.807) is 18.2 Å². The molecule has 1 aliphatic heterocycles. The van der Waals surface area contributed by atoms with Crippen LogP contribution >= 0.6 is 23.2 Å². The average molecular weight is 248 g/mol. The van der Waals surface area contributed by atoms with Crippen LogP contribution in [-0.4, -0.2) is 18.8 Å². The van der Waals surface area contributed by atoms with E-state index in [0.29, 0.717) is 29.4 Å². The lowest BCUT2D eigenvalue weighted by Gasteiger charge is -2.18. The number of benzene rings is 1. The zero-order valence-corrected chi connectivity index (χ0v) is 9.71. The Kier molecular flexibility index (Phi) is 3.19. The summed E-state index contributed by atoms with van der Waals surface area (Å²) in [6.45, 7) is 1.15. The Morgan fingerprint density at radius 2 is 2.20 bits per heavy atom. The molecule has 15 heavy (non-hydrogen) atoms. The fraction of sp³-hybridized carbons (Fsp3) is 0.455. The van der Waals surface area contributed by atoms with Crippen molar-refractivity contribution in [2.24, 2.45) is 0 Å². The van der Waals surface area contributed by atoms with Crippen LogP contribution in [0.3, 0.4) is 0 Å². The third-order valence-corrected chi connectivity index (χ3v) is 3.30. The summed E-state index contributed by atoms with van der Waals surface area (Å²) in [6, 6.07) is 5.20. The van der Waals surface area contributed by atoms with Crippen molar-refractivity contribution in [2.45, 2.75) is 18.5 Å². The molecule has 82 valence electrons. The Morgan fingerprint density at radius 3 is 2.80 bits per heavy atom. The molecule has 4 heteroatoms. The first-order chi connectivity index (χ1) is 7.09. The second-order valence-electron chi connectivity index (χ2n) is 3.99. The second-order valence-corrected chi connectivity index (χ2v) is 4.83. The van der Waals surface area contributed by atoms with Gasteiger partial charge in [0.05, 0.1) is 0 Å². The SMILES string of the molecule is FC1(Cc2ccc(Cl)cc2Cl)CCNC1. The molecule has 1 saturated heterocycles. The van der Waals surface area contributed by atoms with Gasteiger partial charge >= 0.3 is 0 Å². The van der Waals surface area contributed by atoms with Gasteiger partial charge < -0.3 is 5.32 Å². The van der Waals surface area contributed by atoms with Crippen LogP contribution in [0.4, 0.5) is 4.39 Å². The summed E-state index contributed by atoms with van der Waals surface area (Å²) in [6.07, 6.45) is 0.905. The van der Waals surface area contributed by atoms with E-state index in [9.17, 15) is 4.39 Å². The number of rotatable bonds is 2. The molecule has 2 rings (SSSR count). The molecule has 0 bridgehead atoms. The molecular weight excluding hydrogens is 236 g/mol. The highest BCUT2D eigenvalue weighted by atomic mass is 35.5. The van der Waals surface area contributed by atoms with Crippen LogP contribution in [0.2, 0.25) is 10.0 Å². The van der Waals surface area contributed by atoms with Gasteiger partial charge in [-0.15, -0.1) is 0 Å². The van der Waals surface area contributed by atoms with E-state index in [4.69, 9.17) is 23.2 Å². The summed E-state index contributed by atoms with van der Waals surface area (Å²) in [5, 5.41) is 4.15. The van der Waals surface area contributed by atoms with E-state index in [-0.39, 0.29) is 0 Å². The fourth-order valence-electron chi connectivity index (χ4n) is 1.87. The van der Waals surface area contributed by atoms with Gasteiger partial charge in [-0.25, -0.2) is 4.39 Å². The van der Waals surface area contributed by atoms with Crippen molar-refractivity contribution >= 4 is 23.2 Å². The Balaban J connectivity index is 2.16. The van der Waals surface area contributed by atoms with E-state index < -0.39 is 5.67 Å². The van der Waals surface area contributed by atoms with E-state index in [0.717, 1.165) is 12.1 Å². The lowest BCUT2D eigenvalue weighted by atomic mass is 9.95. The first-order valence-corrected chi connectivity index (χ1v) is 5.68. The lowest BCUT2D eigenvalue weighted by molar-refractivity contribution is 0.190. The fourth-order valence-corrected chi connectivity index (χ4v) is 2.35. The summed E-state index contributed by atoms with van der Waals surface area (Å²) in [4.78, 5) is 0.